The molecule has 0 atom stereocenters. The topological polar surface area (TPSA) is 67.6 Å². The van der Waals surface area contributed by atoms with Crippen molar-refractivity contribution >= 4 is 5.82 Å². The highest BCUT2D eigenvalue weighted by Gasteiger charge is 1.73. The van der Waals surface area contributed by atoms with Gasteiger partial charge in [-0.15, -0.1) is 0 Å². The molecule has 0 saturated carbocycles. The highest BCUT2D eigenvalue weighted by molar-refractivity contribution is 5.25. The summed E-state index contributed by atoms with van der Waals surface area (Å²) >= 11 is 0. The van der Waals surface area contributed by atoms with E-state index in [9.17, 15) is 0 Å². The van der Waals surface area contributed by atoms with Crippen molar-refractivity contribution in [2.45, 2.75) is 0 Å². The Morgan fingerprint density at radius 2 is 2.17 bits per heavy atom. The number of hydrogen-bond donors (Lipinski definition) is 2. The molecule has 3 N–H and O–H groups in total. The molecular weight excluding hydrogens is 152 g/mol. The molecule has 2 aromatic heterocycles. The minimum absolute atomic E-state index is 0.572. The first kappa shape index (κ1) is 8.26. The van der Waals surface area contributed by atoms with Crippen LogP contribution in [-0.2, 0) is 0 Å². The Kier molecular flexibility index (Phi) is 3.37. The number of rotatable bonds is 0. The van der Waals surface area contributed by atoms with Gasteiger partial charge in [0.15, 0.2) is 0 Å². The van der Waals surface area contributed by atoms with Crippen LogP contribution in [-0.4, -0.2) is 15.0 Å². The van der Waals surface area contributed by atoms with Gasteiger partial charge < -0.3 is 10.7 Å². The van der Waals surface area contributed by atoms with E-state index in [4.69, 9.17) is 5.73 Å². The second-order valence-electron chi connectivity index (χ2n) is 2.02. The van der Waals surface area contributed by atoms with Gasteiger partial charge in [0.25, 0.3) is 0 Å². The largest absolute Gasteiger partial charge is 0.384 e. The number of aromatic nitrogens is 3. The third-order valence-corrected chi connectivity index (χ3v) is 1.09. The van der Waals surface area contributed by atoms with Crippen LogP contribution in [0.2, 0.25) is 0 Å². The van der Waals surface area contributed by atoms with Gasteiger partial charge in [0.1, 0.15) is 5.82 Å². The van der Waals surface area contributed by atoms with Crippen LogP contribution in [0.5, 0.6) is 0 Å². The fourth-order valence-electron chi connectivity index (χ4n) is 0.591. The van der Waals surface area contributed by atoms with Crippen molar-refractivity contribution in [3.63, 3.8) is 0 Å². The third-order valence-electron chi connectivity index (χ3n) is 1.09. The van der Waals surface area contributed by atoms with E-state index in [0.717, 1.165) is 0 Å². The van der Waals surface area contributed by atoms with Crippen molar-refractivity contribution in [1.82, 2.24) is 15.0 Å². The van der Waals surface area contributed by atoms with Gasteiger partial charge in [-0.3, -0.25) is 0 Å². The fraction of sp³-hybridized carbons (Fsp3) is 0. The van der Waals surface area contributed by atoms with E-state index in [1.807, 2.05) is 12.1 Å². The molecule has 62 valence electrons. The van der Waals surface area contributed by atoms with E-state index in [-0.39, 0.29) is 0 Å². The zero-order valence-electron chi connectivity index (χ0n) is 6.51. The Hall–Kier alpha value is -1.84. The zero-order valence-corrected chi connectivity index (χ0v) is 6.51. The Morgan fingerprint density at radius 3 is 2.42 bits per heavy atom. The Morgan fingerprint density at radius 1 is 1.25 bits per heavy atom. The Balaban J connectivity index is 0.000000127. The summed E-state index contributed by atoms with van der Waals surface area (Å²) in [6.07, 6.45) is 6.75. The molecule has 0 saturated heterocycles. The number of nitrogens with one attached hydrogen (secondary N) is 1. The molecule has 0 aromatic carbocycles. The van der Waals surface area contributed by atoms with E-state index in [0.29, 0.717) is 5.82 Å². The number of nitrogen functional groups attached to an aromatic ring is 1. The number of aromatic amines is 1. The summed E-state index contributed by atoms with van der Waals surface area (Å²) in [4.78, 5) is 10.2. The monoisotopic (exact) mass is 162 g/mol. The van der Waals surface area contributed by atoms with Gasteiger partial charge >= 0.3 is 0 Å². The molecule has 0 aliphatic rings. The number of pyridine rings is 1. The normalized spacial score (nSPS) is 8.33. The molecule has 0 aliphatic carbocycles. The summed E-state index contributed by atoms with van der Waals surface area (Å²) in [5.41, 5.74) is 5.25. The lowest BCUT2D eigenvalue weighted by atomic mass is 10.5. The van der Waals surface area contributed by atoms with E-state index in [2.05, 4.69) is 15.0 Å². The number of H-pyrrole nitrogens is 1. The van der Waals surface area contributed by atoms with E-state index in [1.165, 1.54) is 0 Å². The van der Waals surface area contributed by atoms with Gasteiger partial charge in [0.05, 0.1) is 6.33 Å². The van der Waals surface area contributed by atoms with Gasteiger partial charge in [-0.25, -0.2) is 9.97 Å². The summed E-state index contributed by atoms with van der Waals surface area (Å²) in [6.45, 7) is 0. The second-order valence-corrected chi connectivity index (χ2v) is 2.02. The Labute approximate surface area is 70.5 Å². The molecule has 0 unspecified atom stereocenters. The number of nitrogens with zero attached hydrogens (tertiary/aromatic N) is 2. The quantitative estimate of drug-likeness (QED) is 0.609. The Bertz CT molecular complexity index is 260. The molecule has 2 rings (SSSR count). The number of anilines is 1. The summed E-state index contributed by atoms with van der Waals surface area (Å²) in [7, 11) is 0. The number of nitrogens with two attached hydrogens (primary N) is 1. The van der Waals surface area contributed by atoms with Crippen molar-refractivity contribution in [3.05, 3.63) is 43.1 Å². The van der Waals surface area contributed by atoms with Gasteiger partial charge in [-0.05, 0) is 12.1 Å². The van der Waals surface area contributed by atoms with Gasteiger partial charge in [-0.2, -0.15) is 0 Å². The van der Waals surface area contributed by atoms with Crippen LogP contribution in [0.4, 0.5) is 5.82 Å². The van der Waals surface area contributed by atoms with E-state index < -0.39 is 0 Å². The molecule has 2 heterocycles. The summed E-state index contributed by atoms with van der Waals surface area (Å²) in [6, 6.07) is 5.43. The predicted octanol–water partition coefficient (Wildman–Crippen LogP) is 1.07. The first-order valence-electron chi connectivity index (χ1n) is 3.49. The van der Waals surface area contributed by atoms with Crippen molar-refractivity contribution in [2.24, 2.45) is 0 Å². The lowest BCUT2D eigenvalue weighted by Gasteiger charge is -1.82. The van der Waals surface area contributed by atoms with Crippen molar-refractivity contribution in [2.75, 3.05) is 5.73 Å². The van der Waals surface area contributed by atoms with Crippen molar-refractivity contribution < 1.29 is 0 Å². The maximum absolute atomic E-state index is 5.25. The summed E-state index contributed by atoms with van der Waals surface area (Å²) in [5.74, 6) is 0.572. The minimum atomic E-state index is 0.572. The minimum Gasteiger partial charge on any atom is -0.384 e. The molecule has 0 spiro atoms. The van der Waals surface area contributed by atoms with E-state index in [1.54, 1.807) is 31.0 Å². The second kappa shape index (κ2) is 4.90. The van der Waals surface area contributed by atoms with Crippen LogP contribution in [0, 0.1) is 0 Å². The molecule has 0 bridgehead atoms. The van der Waals surface area contributed by atoms with Crippen LogP contribution < -0.4 is 5.73 Å². The SMILES string of the molecule is Nc1ccccn1.c1c[nH]cn1. The van der Waals surface area contributed by atoms with Crippen LogP contribution in [0.25, 0.3) is 0 Å². The van der Waals surface area contributed by atoms with Crippen LogP contribution in [0.1, 0.15) is 0 Å². The number of hydrogen-bond acceptors (Lipinski definition) is 3. The van der Waals surface area contributed by atoms with Crippen molar-refractivity contribution in [1.29, 1.82) is 0 Å². The summed E-state index contributed by atoms with van der Waals surface area (Å²) < 4.78 is 0. The average Bonchev–Trinajstić information content (AvgIpc) is 2.62. The predicted molar refractivity (Wildman–Crippen MR) is 47.2 cm³/mol. The lowest BCUT2D eigenvalue weighted by molar-refractivity contribution is 1.31. The van der Waals surface area contributed by atoms with Gasteiger partial charge in [0, 0.05) is 18.6 Å². The van der Waals surface area contributed by atoms with Gasteiger partial charge in [0.2, 0.25) is 0 Å². The van der Waals surface area contributed by atoms with E-state index >= 15 is 0 Å². The van der Waals surface area contributed by atoms with Crippen LogP contribution in [0.3, 0.4) is 0 Å². The highest BCUT2D eigenvalue weighted by atomic mass is 14.8. The fourth-order valence-corrected chi connectivity index (χ4v) is 0.591. The molecule has 2 aromatic rings. The first-order chi connectivity index (χ1) is 5.89. The molecule has 4 heteroatoms. The first-order valence-corrected chi connectivity index (χ1v) is 3.49. The smallest absolute Gasteiger partial charge is 0.123 e. The van der Waals surface area contributed by atoms with Crippen LogP contribution in [0.15, 0.2) is 43.1 Å². The molecule has 12 heavy (non-hydrogen) atoms. The number of imidazole rings is 1. The van der Waals surface area contributed by atoms with Gasteiger partial charge in [-0.1, -0.05) is 6.07 Å². The molecule has 0 amide bonds. The van der Waals surface area contributed by atoms with Crippen molar-refractivity contribution in [3.8, 4) is 0 Å². The molecule has 0 aliphatic heterocycles. The molecular formula is C8H10N4. The lowest BCUT2D eigenvalue weighted by Crippen LogP contribution is -1.85. The summed E-state index contributed by atoms with van der Waals surface area (Å²) in [5, 5.41) is 0. The molecule has 4 nitrogen and oxygen atoms in total. The maximum Gasteiger partial charge on any atom is 0.123 e. The molecule has 0 fully saturated rings. The molecule has 0 radical (unpaired) electrons. The highest BCUT2D eigenvalue weighted by Crippen LogP contribution is 1.89. The maximum atomic E-state index is 5.25. The standard InChI is InChI=1S/C5H6N2.C3H4N2/c6-5-3-1-2-4-7-5;1-2-5-3-4-1/h1-4H,(H2,6,7);1-3H,(H,4,5). The third kappa shape index (κ3) is 3.36. The average molecular weight is 162 g/mol. The zero-order chi connectivity index (χ0) is 8.65. The van der Waals surface area contributed by atoms with Crippen LogP contribution >= 0.6 is 0 Å².